The molecule has 4 rings (SSSR count). The average molecular weight is 351 g/mol. The molecule has 0 N–H and O–H groups in total. The maximum absolute atomic E-state index is 4.90. The predicted octanol–water partition coefficient (Wildman–Crippen LogP) is 2.43. The summed E-state index contributed by atoms with van der Waals surface area (Å²) in [5, 5.41) is 5.45. The first-order valence-corrected chi connectivity index (χ1v) is 9.35. The van der Waals surface area contributed by atoms with Crippen molar-refractivity contribution in [3.05, 3.63) is 36.5 Å². The van der Waals surface area contributed by atoms with Gasteiger partial charge in [0, 0.05) is 57.7 Å². The van der Waals surface area contributed by atoms with Crippen LogP contribution in [0.15, 0.2) is 30.7 Å². The molecule has 0 saturated carbocycles. The molecule has 26 heavy (non-hydrogen) atoms. The molecule has 0 aliphatic carbocycles. The average Bonchev–Trinajstić information content (AvgIpc) is 2.89. The van der Waals surface area contributed by atoms with Crippen LogP contribution in [-0.2, 0) is 13.5 Å². The largest absolute Gasteiger partial charge is 0.370 e. The van der Waals surface area contributed by atoms with Crippen molar-refractivity contribution in [1.29, 1.82) is 0 Å². The second-order valence-electron chi connectivity index (χ2n) is 6.75. The lowest BCUT2D eigenvalue weighted by Crippen LogP contribution is -2.31. The fraction of sp³-hybridized carbons (Fsp3) is 0.474. The summed E-state index contributed by atoms with van der Waals surface area (Å²) in [6.07, 6.45) is 8.64. The molecule has 1 aliphatic heterocycles. The number of hydrogen-bond donors (Lipinski definition) is 0. The van der Waals surface area contributed by atoms with Gasteiger partial charge in [0.25, 0.3) is 0 Å². The lowest BCUT2D eigenvalue weighted by molar-refractivity contribution is 0.762. The molecule has 1 fully saturated rings. The van der Waals surface area contributed by atoms with Crippen LogP contribution >= 0.6 is 0 Å². The maximum Gasteiger partial charge on any atom is 0.163 e. The maximum atomic E-state index is 4.90. The molecule has 1 aliphatic rings. The summed E-state index contributed by atoms with van der Waals surface area (Å²) in [7, 11) is 1.95. The van der Waals surface area contributed by atoms with Crippen LogP contribution in [-0.4, -0.2) is 50.9 Å². The highest BCUT2D eigenvalue weighted by atomic mass is 15.3. The summed E-state index contributed by atoms with van der Waals surface area (Å²) in [5.41, 5.74) is 2.16. The number of pyridine rings is 1. The number of nitrogens with zero attached hydrogens (tertiary/aromatic N) is 7. The number of rotatable bonds is 4. The normalized spacial score (nSPS) is 15.5. The van der Waals surface area contributed by atoms with Gasteiger partial charge in [0.15, 0.2) is 5.65 Å². The predicted molar refractivity (Wildman–Crippen MR) is 104 cm³/mol. The monoisotopic (exact) mass is 351 g/mol. The molecular formula is C19H25N7. The van der Waals surface area contributed by atoms with Crippen LogP contribution in [0.4, 0.5) is 11.5 Å². The standard InChI is InChI=1S/C19H25N7/c1-3-5-17-22-18-16(14-21-24(18)2)19(23-17)26-11-4-10-25(12-13-26)15-6-8-20-9-7-15/h6-9,14H,3-5,10-13H2,1-2H3. The molecule has 1 saturated heterocycles. The van der Waals surface area contributed by atoms with Crippen molar-refractivity contribution in [2.24, 2.45) is 7.05 Å². The first-order valence-electron chi connectivity index (χ1n) is 9.35. The molecule has 3 aromatic rings. The molecule has 0 atom stereocenters. The smallest absolute Gasteiger partial charge is 0.163 e. The van der Waals surface area contributed by atoms with Gasteiger partial charge in [-0.05, 0) is 25.0 Å². The summed E-state index contributed by atoms with van der Waals surface area (Å²) < 4.78 is 1.85. The molecule has 136 valence electrons. The number of aryl methyl sites for hydroxylation is 2. The Morgan fingerprint density at radius 3 is 2.58 bits per heavy atom. The van der Waals surface area contributed by atoms with E-state index < -0.39 is 0 Å². The van der Waals surface area contributed by atoms with Crippen LogP contribution in [0.25, 0.3) is 11.0 Å². The summed E-state index contributed by atoms with van der Waals surface area (Å²) >= 11 is 0. The van der Waals surface area contributed by atoms with Gasteiger partial charge in [0.1, 0.15) is 11.6 Å². The molecule has 7 nitrogen and oxygen atoms in total. The van der Waals surface area contributed by atoms with Crippen LogP contribution in [0.2, 0.25) is 0 Å². The quantitative estimate of drug-likeness (QED) is 0.719. The van der Waals surface area contributed by atoms with Gasteiger partial charge in [-0.3, -0.25) is 9.67 Å². The Kier molecular flexibility index (Phi) is 4.69. The van der Waals surface area contributed by atoms with Gasteiger partial charge >= 0.3 is 0 Å². The SMILES string of the molecule is CCCc1nc(N2CCCN(c3ccncc3)CC2)c2cnn(C)c2n1. The second-order valence-corrected chi connectivity index (χ2v) is 6.75. The van der Waals surface area contributed by atoms with Crippen molar-refractivity contribution < 1.29 is 0 Å². The summed E-state index contributed by atoms with van der Waals surface area (Å²) in [5.74, 6) is 1.94. The lowest BCUT2D eigenvalue weighted by atomic mass is 10.3. The van der Waals surface area contributed by atoms with E-state index in [0.717, 1.165) is 68.1 Å². The Labute approximate surface area is 153 Å². The molecule has 0 aromatic carbocycles. The van der Waals surface area contributed by atoms with Gasteiger partial charge in [0.2, 0.25) is 0 Å². The molecule has 4 heterocycles. The van der Waals surface area contributed by atoms with Crippen molar-refractivity contribution >= 4 is 22.5 Å². The van der Waals surface area contributed by atoms with E-state index in [2.05, 4.69) is 38.9 Å². The van der Waals surface area contributed by atoms with Crippen molar-refractivity contribution in [3.63, 3.8) is 0 Å². The second kappa shape index (κ2) is 7.27. The minimum absolute atomic E-state index is 0.894. The van der Waals surface area contributed by atoms with Crippen LogP contribution in [0.3, 0.4) is 0 Å². The van der Waals surface area contributed by atoms with Gasteiger partial charge < -0.3 is 9.80 Å². The van der Waals surface area contributed by atoms with Gasteiger partial charge in [-0.15, -0.1) is 0 Å². The van der Waals surface area contributed by atoms with Crippen LogP contribution in [0, 0.1) is 0 Å². The number of hydrogen-bond acceptors (Lipinski definition) is 6. The first kappa shape index (κ1) is 16.8. The van der Waals surface area contributed by atoms with Gasteiger partial charge in [-0.25, -0.2) is 9.97 Å². The minimum atomic E-state index is 0.894. The van der Waals surface area contributed by atoms with E-state index in [0.29, 0.717) is 0 Å². The highest BCUT2D eigenvalue weighted by Gasteiger charge is 2.20. The third-order valence-corrected chi connectivity index (χ3v) is 4.92. The Balaban J connectivity index is 1.63. The Bertz CT molecular complexity index is 874. The topological polar surface area (TPSA) is 63.0 Å². The summed E-state index contributed by atoms with van der Waals surface area (Å²) in [4.78, 5) is 18.6. The van der Waals surface area contributed by atoms with Gasteiger partial charge in [-0.2, -0.15) is 5.10 Å². The van der Waals surface area contributed by atoms with E-state index in [4.69, 9.17) is 9.97 Å². The Morgan fingerprint density at radius 1 is 1.00 bits per heavy atom. The summed E-state index contributed by atoms with van der Waals surface area (Å²) in [6, 6.07) is 4.16. The van der Waals surface area contributed by atoms with Crippen molar-refractivity contribution in [2.75, 3.05) is 36.0 Å². The third kappa shape index (κ3) is 3.21. The van der Waals surface area contributed by atoms with Gasteiger partial charge in [-0.1, -0.05) is 6.92 Å². The fourth-order valence-corrected chi connectivity index (χ4v) is 3.57. The van der Waals surface area contributed by atoms with E-state index in [1.807, 2.05) is 30.3 Å². The van der Waals surface area contributed by atoms with E-state index in [1.54, 1.807) is 0 Å². The third-order valence-electron chi connectivity index (χ3n) is 4.92. The number of fused-ring (bicyclic) bond motifs is 1. The van der Waals surface area contributed by atoms with E-state index in [9.17, 15) is 0 Å². The van der Waals surface area contributed by atoms with Crippen LogP contribution in [0.1, 0.15) is 25.6 Å². The fourth-order valence-electron chi connectivity index (χ4n) is 3.57. The zero-order valence-electron chi connectivity index (χ0n) is 15.5. The summed E-state index contributed by atoms with van der Waals surface area (Å²) in [6.45, 7) is 6.11. The first-order chi connectivity index (χ1) is 12.8. The van der Waals surface area contributed by atoms with E-state index in [-0.39, 0.29) is 0 Å². The molecule has 3 aromatic heterocycles. The van der Waals surface area contributed by atoms with Crippen LogP contribution < -0.4 is 9.80 Å². The molecule has 0 spiro atoms. The Morgan fingerprint density at radius 2 is 1.77 bits per heavy atom. The molecule has 0 amide bonds. The minimum Gasteiger partial charge on any atom is -0.370 e. The van der Waals surface area contributed by atoms with E-state index in [1.165, 1.54) is 5.69 Å². The highest BCUT2D eigenvalue weighted by molar-refractivity contribution is 5.87. The van der Waals surface area contributed by atoms with Gasteiger partial charge in [0.05, 0.1) is 11.6 Å². The van der Waals surface area contributed by atoms with Crippen molar-refractivity contribution in [3.8, 4) is 0 Å². The van der Waals surface area contributed by atoms with E-state index >= 15 is 0 Å². The number of aromatic nitrogens is 5. The van der Waals surface area contributed by atoms with Crippen molar-refractivity contribution in [1.82, 2.24) is 24.7 Å². The van der Waals surface area contributed by atoms with Crippen molar-refractivity contribution in [2.45, 2.75) is 26.2 Å². The zero-order chi connectivity index (χ0) is 17.9. The lowest BCUT2D eigenvalue weighted by Gasteiger charge is -2.24. The highest BCUT2D eigenvalue weighted by Crippen LogP contribution is 2.26. The zero-order valence-corrected chi connectivity index (χ0v) is 15.5. The Hall–Kier alpha value is -2.70. The molecule has 7 heteroatoms. The molecular weight excluding hydrogens is 326 g/mol. The van der Waals surface area contributed by atoms with Crippen LogP contribution in [0.5, 0.6) is 0 Å². The number of anilines is 2. The molecule has 0 bridgehead atoms. The molecule has 0 radical (unpaired) electrons. The molecule has 0 unspecified atom stereocenters.